The molecule has 1 amide bonds. The van der Waals surface area contributed by atoms with Crippen molar-refractivity contribution in [2.24, 2.45) is 0 Å². The third kappa shape index (κ3) is 4.01. The van der Waals surface area contributed by atoms with Crippen LogP contribution in [0.15, 0.2) is 0 Å². The Balaban J connectivity index is 2.82. The van der Waals surface area contributed by atoms with Gasteiger partial charge in [0.15, 0.2) is 0 Å². The van der Waals surface area contributed by atoms with E-state index >= 15 is 0 Å². The predicted octanol–water partition coefficient (Wildman–Crippen LogP) is 0.778. The highest BCUT2D eigenvalue weighted by Crippen LogP contribution is 2.21. The van der Waals surface area contributed by atoms with Crippen molar-refractivity contribution in [3.63, 3.8) is 0 Å². The molecular formula is C12H18N4O5. The molecule has 0 unspecified atom stereocenters. The molecule has 116 valence electrons. The predicted molar refractivity (Wildman–Crippen MR) is 72.8 cm³/mol. The Hall–Kier alpha value is -2.45. The first-order chi connectivity index (χ1) is 9.77. The van der Waals surface area contributed by atoms with Gasteiger partial charge in [-0.05, 0) is 20.3 Å². The Morgan fingerprint density at radius 3 is 2.52 bits per heavy atom. The van der Waals surface area contributed by atoms with Gasteiger partial charge in [-0.15, -0.1) is 0 Å². The van der Waals surface area contributed by atoms with Crippen molar-refractivity contribution in [3.8, 4) is 0 Å². The molecule has 0 spiro atoms. The fraction of sp³-hybridized carbons (Fsp3) is 0.583. The molecule has 1 aromatic rings. The Morgan fingerprint density at radius 1 is 1.48 bits per heavy atom. The number of carbonyl (C=O) groups is 2. The summed E-state index contributed by atoms with van der Waals surface area (Å²) in [7, 11) is 0. The topological polar surface area (TPSA) is 127 Å². The fourth-order valence-electron chi connectivity index (χ4n) is 2.03. The van der Waals surface area contributed by atoms with Crippen molar-refractivity contribution in [1.29, 1.82) is 0 Å². The van der Waals surface area contributed by atoms with E-state index in [4.69, 9.17) is 5.11 Å². The highest BCUT2D eigenvalue weighted by atomic mass is 16.6. The standard InChI is InChI=1S/C12H18N4O5/c1-4-5-9(12(18)19)13-10(17)6-15-8(3)11(16(20)21)7(2)14-15/h9H,4-6H2,1-3H3,(H,13,17)(H,18,19)/t9-/m1/s1. The number of nitrogens with zero attached hydrogens (tertiary/aromatic N) is 3. The smallest absolute Gasteiger partial charge is 0.326 e. The van der Waals surface area contributed by atoms with E-state index in [1.165, 1.54) is 18.5 Å². The Morgan fingerprint density at radius 2 is 2.10 bits per heavy atom. The summed E-state index contributed by atoms with van der Waals surface area (Å²) in [5.41, 5.74) is 0.342. The molecule has 0 bridgehead atoms. The van der Waals surface area contributed by atoms with Crippen LogP contribution < -0.4 is 5.32 Å². The second-order valence-electron chi connectivity index (χ2n) is 4.68. The van der Waals surface area contributed by atoms with Crippen LogP contribution in [0, 0.1) is 24.0 Å². The maximum atomic E-state index is 11.8. The number of aliphatic carboxylic acids is 1. The minimum atomic E-state index is -1.11. The molecule has 0 fully saturated rings. The number of amides is 1. The summed E-state index contributed by atoms with van der Waals surface area (Å²) in [5, 5.41) is 26.2. The number of hydrogen-bond donors (Lipinski definition) is 2. The van der Waals surface area contributed by atoms with E-state index < -0.39 is 22.8 Å². The molecule has 2 N–H and O–H groups in total. The van der Waals surface area contributed by atoms with Crippen LogP contribution in [0.2, 0.25) is 0 Å². The van der Waals surface area contributed by atoms with Crippen molar-refractivity contribution in [2.75, 3.05) is 0 Å². The summed E-state index contributed by atoms with van der Waals surface area (Å²) in [4.78, 5) is 33.1. The van der Waals surface area contributed by atoms with E-state index in [9.17, 15) is 19.7 Å². The van der Waals surface area contributed by atoms with Crippen molar-refractivity contribution < 1.29 is 19.6 Å². The lowest BCUT2D eigenvalue weighted by atomic mass is 10.1. The number of rotatable bonds is 7. The van der Waals surface area contributed by atoms with Crippen molar-refractivity contribution >= 4 is 17.6 Å². The van der Waals surface area contributed by atoms with E-state index in [1.807, 2.05) is 6.92 Å². The summed E-state index contributed by atoms with van der Waals surface area (Å²) in [6, 6.07) is -0.963. The number of hydrogen-bond acceptors (Lipinski definition) is 5. The zero-order chi connectivity index (χ0) is 16.2. The molecule has 0 saturated heterocycles. The zero-order valence-electron chi connectivity index (χ0n) is 12.1. The monoisotopic (exact) mass is 298 g/mol. The van der Waals surface area contributed by atoms with Crippen molar-refractivity contribution in [2.45, 2.75) is 46.2 Å². The minimum absolute atomic E-state index is 0.133. The number of aryl methyl sites for hydroxylation is 1. The van der Waals surface area contributed by atoms with Gasteiger partial charge in [0.2, 0.25) is 5.91 Å². The van der Waals surface area contributed by atoms with E-state index in [1.54, 1.807) is 0 Å². The van der Waals surface area contributed by atoms with Gasteiger partial charge < -0.3 is 10.4 Å². The molecule has 0 aromatic carbocycles. The lowest BCUT2D eigenvalue weighted by Gasteiger charge is -2.13. The maximum Gasteiger partial charge on any atom is 0.326 e. The molecule has 0 aliphatic carbocycles. The molecular weight excluding hydrogens is 280 g/mol. The first-order valence-electron chi connectivity index (χ1n) is 6.48. The highest BCUT2D eigenvalue weighted by Gasteiger charge is 2.24. The van der Waals surface area contributed by atoms with Crippen LogP contribution in [0.5, 0.6) is 0 Å². The number of carboxylic acid groups (broad SMARTS) is 1. The van der Waals surface area contributed by atoms with Crippen LogP contribution in [0.25, 0.3) is 0 Å². The molecule has 1 atom stereocenters. The fourth-order valence-corrected chi connectivity index (χ4v) is 2.03. The average Bonchev–Trinajstić information content (AvgIpc) is 2.63. The van der Waals surface area contributed by atoms with E-state index in [2.05, 4.69) is 10.4 Å². The number of aromatic nitrogens is 2. The van der Waals surface area contributed by atoms with Crippen LogP contribution in [0.3, 0.4) is 0 Å². The van der Waals surface area contributed by atoms with Gasteiger partial charge in [-0.3, -0.25) is 19.6 Å². The molecule has 1 heterocycles. The van der Waals surface area contributed by atoms with Gasteiger partial charge in [-0.25, -0.2) is 4.79 Å². The molecule has 9 nitrogen and oxygen atoms in total. The lowest BCUT2D eigenvalue weighted by Crippen LogP contribution is -2.42. The first kappa shape index (κ1) is 16.6. The molecule has 1 aromatic heterocycles. The third-order valence-electron chi connectivity index (χ3n) is 3.03. The van der Waals surface area contributed by atoms with Crippen molar-refractivity contribution in [3.05, 3.63) is 21.5 Å². The van der Waals surface area contributed by atoms with E-state index in [0.29, 0.717) is 12.8 Å². The molecule has 0 aliphatic rings. The molecule has 1 rings (SSSR count). The SMILES string of the molecule is CCC[C@@H](NC(=O)Cn1nc(C)c([N+](=O)[O-])c1C)C(=O)O. The van der Waals surface area contributed by atoms with Crippen molar-refractivity contribution in [1.82, 2.24) is 15.1 Å². The van der Waals surface area contributed by atoms with Crippen LogP contribution in [0.4, 0.5) is 5.69 Å². The Kier molecular flexibility index (Phi) is 5.39. The normalized spacial score (nSPS) is 12.0. The van der Waals surface area contributed by atoms with E-state index in [-0.39, 0.29) is 23.6 Å². The second kappa shape index (κ2) is 6.82. The van der Waals surface area contributed by atoms with Crippen LogP contribution >= 0.6 is 0 Å². The molecule has 9 heteroatoms. The first-order valence-corrected chi connectivity index (χ1v) is 6.48. The molecule has 0 radical (unpaired) electrons. The van der Waals surface area contributed by atoms with Gasteiger partial charge in [0.05, 0.1) is 4.92 Å². The molecule has 0 aliphatic heterocycles. The van der Waals surface area contributed by atoms with Crippen LogP contribution in [-0.4, -0.2) is 37.7 Å². The van der Waals surface area contributed by atoms with Gasteiger partial charge in [-0.2, -0.15) is 5.10 Å². The summed E-state index contributed by atoms with van der Waals surface area (Å²) in [5.74, 6) is -1.65. The van der Waals surface area contributed by atoms with Gasteiger partial charge >= 0.3 is 11.7 Å². The highest BCUT2D eigenvalue weighted by molar-refractivity contribution is 5.83. The third-order valence-corrected chi connectivity index (χ3v) is 3.03. The van der Waals surface area contributed by atoms with Gasteiger partial charge in [0, 0.05) is 0 Å². The van der Waals surface area contributed by atoms with Crippen LogP contribution in [0.1, 0.15) is 31.2 Å². The quantitative estimate of drug-likeness (QED) is 0.565. The summed E-state index contributed by atoms with van der Waals surface area (Å²) >= 11 is 0. The molecule has 0 saturated carbocycles. The average molecular weight is 298 g/mol. The Bertz CT molecular complexity index is 566. The zero-order valence-corrected chi connectivity index (χ0v) is 12.1. The minimum Gasteiger partial charge on any atom is -0.480 e. The summed E-state index contributed by atoms with van der Waals surface area (Å²) in [6.45, 7) is 4.53. The van der Waals surface area contributed by atoms with Gasteiger partial charge in [0.25, 0.3) is 0 Å². The number of carboxylic acids is 1. The maximum absolute atomic E-state index is 11.8. The molecule has 21 heavy (non-hydrogen) atoms. The number of carbonyl (C=O) groups excluding carboxylic acids is 1. The largest absolute Gasteiger partial charge is 0.480 e. The number of nitrogens with one attached hydrogen (secondary N) is 1. The van der Waals surface area contributed by atoms with E-state index in [0.717, 1.165) is 0 Å². The van der Waals surface area contributed by atoms with Crippen LogP contribution in [-0.2, 0) is 16.1 Å². The summed E-state index contributed by atoms with van der Waals surface area (Å²) < 4.78 is 1.20. The Labute approximate surface area is 121 Å². The summed E-state index contributed by atoms with van der Waals surface area (Å²) in [6.07, 6.45) is 0.932. The number of nitro groups is 1. The lowest BCUT2D eigenvalue weighted by molar-refractivity contribution is -0.386. The van der Waals surface area contributed by atoms with Gasteiger partial charge in [-0.1, -0.05) is 13.3 Å². The second-order valence-corrected chi connectivity index (χ2v) is 4.68. The van der Waals surface area contributed by atoms with Gasteiger partial charge in [0.1, 0.15) is 24.0 Å².